The van der Waals surface area contributed by atoms with Gasteiger partial charge in [-0.3, -0.25) is 0 Å². The minimum atomic E-state index is -0.590. The Morgan fingerprint density at radius 2 is 0.953 bits per heavy atom. The lowest BCUT2D eigenvalue weighted by molar-refractivity contribution is 0.395. The van der Waals surface area contributed by atoms with E-state index in [9.17, 15) is 17.6 Å². The molecule has 0 N–H and O–H groups in total. The van der Waals surface area contributed by atoms with Crippen molar-refractivity contribution in [3.63, 3.8) is 0 Å². The van der Waals surface area contributed by atoms with Gasteiger partial charge >= 0.3 is 0 Å². The van der Waals surface area contributed by atoms with Gasteiger partial charge in [0.15, 0.2) is 11.6 Å². The standard InChI is InChI=1S/2C23H20F2N6O/c2*1-14-12-30(13-26-14)20-5-3-18(27-23(20)32-2)4-6-21-28-22-19(7-8-31(22)29-21)15-9-16(24)11-17(25)10-15/h2*3-6,9-13,19H,7-8H2,1-2H3/b2*6-4+/t2*19-/m10/s1. The molecule has 18 heteroatoms. The SMILES string of the molecule is COc1nc(/C=C/c2nc3n(n2)CC[C@@H]3c2cc(F)cc(F)c2)ccc1-n1cnc(C)c1.COc1nc(/C=C/c2nc3n(n2)CC[C@H]3c2cc(F)cc(F)c2)ccc1-n1cnc(C)c1. The molecule has 0 radical (unpaired) electrons. The van der Waals surface area contributed by atoms with E-state index < -0.39 is 23.3 Å². The number of pyridine rings is 2. The number of fused-ring (bicyclic) bond motifs is 2. The predicted octanol–water partition coefficient (Wildman–Crippen LogP) is 8.32. The summed E-state index contributed by atoms with van der Waals surface area (Å²) in [5, 5.41) is 8.99. The fourth-order valence-corrected chi connectivity index (χ4v) is 7.88. The molecule has 6 aromatic heterocycles. The van der Waals surface area contributed by atoms with Crippen LogP contribution in [-0.4, -0.2) is 72.8 Å². The third kappa shape index (κ3) is 8.79. The molecule has 0 fully saturated rings. The van der Waals surface area contributed by atoms with E-state index in [-0.39, 0.29) is 11.8 Å². The Balaban J connectivity index is 0.000000162. The van der Waals surface area contributed by atoms with E-state index in [2.05, 4.69) is 40.1 Å². The zero-order valence-electron chi connectivity index (χ0n) is 35.1. The molecule has 0 amide bonds. The molecule has 324 valence electrons. The van der Waals surface area contributed by atoms with Gasteiger partial charge in [-0.2, -0.15) is 10.2 Å². The minimum Gasteiger partial charge on any atom is -0.479 e. The highest BCUT2D eigenvalue weighted by Crippen LogP contribution is 2.35. The molecule has 0 aliphatic carbocycles. The summed E-state index contributed by atoms with van der Waals surface area (Å²) in [6, 6.07) is 14.7. The predicted molar refractivity (Wildman–Crippen MR) is 229 cm³/mol. The number of aryl methyl sites for hydroxylation is 4. The average molecular weight is 869 g/mol. The van der Waals surface area contributed by atoms with E-state index in [1.165, 1.54) is 24.3 Å². The summed E-state index contributed by atoms with van der Waals surface area (Å²) in [7, 11) is 3.14. The first-order chi connectivity index (χ1) is 31.0. The number of methoxy groups -OCH3 is 2. The van der Waals surface area contributed by atoms with Crippen LogP contribution in [0.25, 0.3) is 35.7 Å². The van der Waals surface area contributed by atoms with Crippen LogP contribution in [0.1, 0.15) is 81.9 Å². The lowest BCUT2D eigenvalue weighted by Gasteiger charge is -2.08. The monoisotopic (exact) mass is 868 g/mol. The van der Waals surface area contributed by atoms with Gasteiger partial charge in [0.1, 0.15) is 46.3 Å². The molecule has 14 nitrogen and oxygen atoms in total. The van der Waals surface area contributed by atoms with Gasteiger partial charge in [0.2, 0.25) is 11.8 Å². The Morgan fingerprint density at radius 3 is 1.31 bits per heavy atom. The van der Waals surface area contributed by atoms with Gasteiger partial charge in [0, 0.05) is 49.5 Å². The number of hydrogen-bond donors (Lipinski definition) is 0. The molecule has 0 bridgehead atoms. The highest BCUT2D eigenvalue weighted by atomic mass is 19.1. The van der Waals surface area contributed by atoms with E-state index in [1.54, 1.807) is 60.5 Å². The normalized spacial score (nSPS) is 15.4. The second-order valence-corrected chi connectivity index (χ2v) is 15.2. The summed E-state index contributed by atoms with van der Waals surface area (Å²) >= 11 is 0. The maximum Gasteiger partial charge on any atom is 0.238 e. The van der Waals surface area contributed by atoms with Crippen LogP contribution in [-0.2, 0) is 13.1 Å². The van der Waals surface area contributed by atoms with E-state index in [4.69, 9.17) is 9.47 Å². The van der Waals surface area contributed by atoms with Crippen LogP contribution >= 0.6 is 0 Å². The lowest BCUT2D eigenvalue weighted by atomic mass is 9.97. The first-order valence-electron chi connectivity index (χ1n) is 20.3. The van der Waals surface area contributed by atoms with Crippen LogP contribution in [0.4, 0.5) is 17.6 Å². The molecule has 0 saturated carbocycles. The van der Waals surface area contributed by atoms with Crippen molar-refractivity contribution in [2.75, 3.05) is 14.2 Å². The lowest BCUT2D eigenvalue weighted by Crippen LogP contribution is -2.00. The zero-order chi connectivity index (χ0) is 44.5. The largest absolute Gasteiger partial charge is 0.479 e. The second kappa shape index (κ2) is 17.5. The van der Waals surface area contributed by atoms with Crippen LogP contribution in [0.2, 0.25) is 0 Å². The summed E-state index contributed by atoms with van der Waals surface area (Å²) in [5.41, 5.74) is 5.87. The fourth-order valence-electron chi connectivity index (χ4n) is 7.88. The summed E-state index contributed by atoms with van der Waals surface area (Å²) in [4.78, 5) is 26.7. The summed E-state index contributed by atoms with van der Waals surface area (Å²) < 4.78 is 72.8. The van der Waals surface area contributed by atoms with Crippen molar-refractivity contribution in [2.24, 2.45) is 0 Å². The molecule has 2 aliphatic heterocycles. The highest BCUT2D eigenvalue weighted by Gasteiger charge is 2.30. The molecule has 8 heterocycles. The maximum atomic E-state index is 13.7. The number of imidazole rings is 2. The van der Waals surface area contributed by atoms with E-state index >= 15 is 0 Å². The molecule has 0 saturated heterocycles. The number of rotatable bonds is 10. The van der Waals surface area contributed by atoms with E-state index in [1.807, 2.05) is 59.6 Å². The first-order valence-corrected chi connectivity index (χ1v) is 20.3. The second-order valence-electron chi connectivity index (χ2n) is 15.2. The van der Waals surface area contributed by atoms with Crippen molar-refractivity contribution in [2.45, 2.75) is 51.6 Å². The Kier molecular flexibility index (Phi) is 11.4. The topological polar surface area (TPSA) is 141 Å². The van der Waals surface area contributed by atoms with Crippen molar-refractivity contribution in [1.29, 1.82) is 0 Å². The molecule has 0 unspecified atom stereocenters. The van der Waals surface area contributed by atoms with Gasteiger partial charge in [-0.25, -0.2) is 56.8 Å². The van der Waals surface area contributed by atoms with E-state index in [0.717, 1.165) is 34.9 Å². The number of hydrogen-bond acceptors (Lipinski definition) is 10. The minimum absolute atomic E-state index is 0.189. The molecule has 2 aliphatic rings. The van der Waals surface area contributed by atoms with Crippen molar-refractivity contribution in [1.82, 2.24) is 58.6 Å². The van der Waals surface area contributed by atoms with Crippen molar-refractivity contribution >= 4 is 24.3 Å². The number of aromatic nitrogens is 12. The van der Waals surface area contributed by atoms with Crippen molar-refractivity contribution < 1.29 is 27.0 Å². The van der Waals surface area contributed by atoms with Crippen LogP contribution < -0.4 is 9.47 Å². The Morgan fingerprint density at radius 1 is 0.547 bits per heavy atom. The summed E-state index contributed by atoms with van der Waals surface area (Å²) in [6.45, 7) is 5.12. The van der Waals surface area contributed by atoms with Crippen LogP contribution in [0.3, 0.4) is 0 Å². The number of benzene rings is 2. The van der Waals surface area contributed by atoms with Crippen LogP contribution in [0.5, 0.6) is 11.8 Å². The fraction of sp³-hybridized carbons (Fsp3) is 0.217. The van der Waals surface area contributed by atoms with E-state index in [0.29, 0.717) is 83.5 Å². The number of nitrogens with zero attached hydrogens (tertiary/aromatic N) is 12. The van der Waals surface area contributed by atoms with Crippen molar-refractivity contribution in [3.8, 4) is 23.1 Å². The Labute approximate surface area is 364 Å². The van der Waals surface area contributed by atoms with Crippen LogP contribution in [0.15, 0.2) is 85.7 Å². The Hall–Kier alpha value is -7.76. The van der Waals surface area contributed by atoms with Gasteiger partial charge in [-0.1, -0.05) is 0 Å². The van der Waals surface area contributed by atoms with Gasteiger partial charge in [-0.05, 0) is 111 Å². The third-order valence-electron chi connectivity index (χ3n) is 10.8. The molecule has 0 spiro atoms. The molecule has 2 atom stereocenters. The van der Waals surface area contributed by atoms with Crippen molar-refractivity contribution in [3.05, 3.63) is 166 Å². The highest BCUT2D eigenvalue weighted by molar-refractivity contribution is 5.67. The summed E-state index contributed by atoms with van der Waals surface area (Å²) in [5.74, 6) is 0.623. The molecular weight excluding hydrogens is 829 g/mol. The molecule has 10 rings (SSSR count). The zero-order valence-corrected chi connectivity index (χ0v) is 35.1. The average Bonchev–Trinajstić information content (AvgIpc) is 4.14. The smallest absolute Gasteiger partial charge is 0.238 e. The molecular formula is C46H40F4N12O2. The number of halogens is 4. The van der Waals surface area contributed by atoms with Gasteiger partial charge in [-0.15, -0.1) is 0 Å². The summed E-state index contributed by atoms with van der Waals surface area (Å²) in [6.07, 6.45) is 15.7. The number of ether oxygens (including phenoxy) is 2. The van der Waals surface area contributed by atoms with Gasteiger partial charge in [0.05, 0.1) is 49.6 Å². The van der Waals surface area contributed by atoms with Gasteiger partial charge < -0.3 is 18.6 Å². The van der Waals surface area contributed by atoms with Gasteiger partial charge in [0.25, 0.3) is 0 Å². The third-order valence-corrected chi connectivity index (χ3v) is 10.8. The Bertz CT molecular complexity index is 2820. The van der Waals surface area contributed by atoms with Crippen LogP contribution in [0, 0.1) is 37.1 Å². The molecule has 64 heavy (non-hydrogen) atoms. The molecule has 8 aromatic rings. The quantitative estimate of drug-likeness (QED) is 0.123. The molecule has 2 aromatic carbocycles. The first kappa shape index (κ1) is 41.6. The maximum absolute atomic E-state index is 13.7.